The van der Waals surface area contributed by atoms with E-state index in [2.05, 4.69) is 16.8 Å². The van der Waals surface area contributed by atoms with E-state index in [0.29, 0.717) is 19.1 Å². The standard InChI is InChI=1S/C17H24N2O2/c1-3-17(20)18-15-9-11-19(12-10-15)14(2)13-21-16-7-5-4-6-8-16/h4-8,15H,2-3,9-13H2,1H3,(H,18,20). The minimum Gasteiger partial charge on any atom is -0.487 e. The molecule has 0 aromatic heterocycles. The first kappa shape index (κ1) is 15.4. The van der Waals surface area contributed by atoms with Crippen molar-refractivity contribution in [1.82, 2.24) is 10.2 Å². The van der Waals surface area contributed by atoms with E-state index in [1.54, 1.807) is 0 Å². The van der Waals surface area contributed by atoms with Gasteiger partial charge >= 0.3 is 0 Å². The van der Waals surface area contributed by atoms with Gasteiger partial charge in [0.25, 0.3) is 0 Å². The van der Waals surface area contributed by atoms with Gasteiger partial charge in [-0.15, -0.1) is 0 Å². The molecule has 0 aliphatic carbocycles. The molecule has 1 aromatic carbocycles. The zero-order chi connectivity index (χ0) is 15.1. The predicted octanol–water partition coefficient (Wildman–Crippen LogP) is 2.57. The Labute approximate surface area is 126 Å². The van der Waals surface area contributed by atoms with Crippen molar-refractivity contribution in [2.24, 2.45) is 0 Å². The van der Waals surface area contributed by atoms with Crippen molar-refractivity contribution < 1.29 is 9.53 Å². The number of nitrogens with one attached hydrogen (secondary N) is 1. The summed E-state index contributed by atoms with van der Waals surface area (Å²) in [5, 5.41) is 3.06. The Morgan fingerprint density at radius 3 is 2.62 bits per heavy atom. The van der Waals surface area contributed by atoms with Gasteiger partial charge < -0.3 is 15.0 Å². The molecule has 2 rings (SSSR count). The number of rotatable bonds is 6. The average Bonchev–Trinajstić information content (AvgIpc) is 2.54. The molecular formula is C17H24N2O2. The van der Waals surface area contributed by atoms with E-state index >= 15 is 0 Å². The number of nitrogens with zero attached hydrogens (tertiary/aromatic N) is 1. The van der Waals surface area contributed by atoms with Crippen LogP contribution in [-0.2, 0) is 4.79 Å². The number of amides is 1. The van der Waals surface area contributed by atoms with E-state index in [1.165, 1.54) is 0 Å². The molecule has 4 heteroatoms. The summed E-state index contributed by atoms with van der Waals surface area (Å²) in [6.07, 6.45) is 2.49. The van der Waals surface area contributed by atoms with E-state index in [9.17, 15) is 4.79 Å². The molecule has 1 aliphatic rings. The predicted molar refractivity (Wildman–Crippen MR) is 84.1 cm³/mol. The number of hydrogen-bond donors (Lipinski definition) is 1. The highest BCUT2D eigenvalue weighted by molar-refractivity contribution is 5.75. The molecule has 1 fully saturated rings. The van der Waals surface area contributed by atoms with Gasteiger partial charge in [-0.2, -0.15) is 0 Å². The molecule has 0 spiro atoms. The van der Waals surface area contributed by atoms with Crippen LogP contribution < -0.4 is 10.1 Å². The molecule has 0 atom stereocenters. The van der Waals surface area contributed by atoms with Crippen molar-refractivity contribution >= 4 is 5.91 Å². The van der Waals surface area contributed by atoms with Gasteiger partial charge in [0.15, 0.2) is 0 Å². The smallest absolute Gasteiger partial charge is 0.219 e. The van der Waals surface area contributed by atoms with Gasteiger partial charge in [-0.05, 0) is 25.0 Å². The maximum absolute atomic E-state index is 11.4. The maximum atomic E-state index is 11.4. The van der Waals surface area contributed by atoms with Crippen LogP contribution in [0.4, 0.5) is 0 Å². The van der Waals surface area contributed by atoms with Crippen LogP contribution >= 0.6 is 0 Å². The minimum atomic E-state index is 0.139. The minimum absolute atomic E-state index is 0.139. The third-order valence-corrected chi connectivity index (χ3v) is 3.78. The normalized spacial score (nSPS) is 15.6. The van der Waals surface area contributed by atoms with Crippen LogP contribution in [0.3, 0.4) is 0 Å². The van der Waals surface area contributed by atoms with E-state index in [4.69, 9.17) is 4.74 Å². The molecule has 1 amide bonds. The van der Waals surface area contributed by atoms with Crippen LogP contribution in [0.2, 0.25) is 0 Å². The number of ether oxygens (including phenoxy) is 1. The van der Waals surface area contributed by atoms with Gasteiger partial charge in [-0.1, -0.05) is 31.7 Å². The number of carbonyl (C=O) groups is 1. The molecule has 114 valence electrons. The van der Waals surface area contributed by atoms with Gasteiger partial charge in [0, 0.05) is 31.2 Å². The van der Waals surface area contributed by atoms with Crippen LogP contribution in [-0.4, -0.2) is 36.5 Å². The fourth-order valence-corrected chi connectivity index (χ4v) is 2.44. The third-order valence-electron chi connectivity index (χ3n) is 3.78. The molecule has 0 radical (unpaired) electrons. The summed E-state index contributed by atoms with van der Waals surface area (Å²) in [4.78, 5) is 13.6. The topological polar surface area (TPSA) is 41.6 Å². The van der Waals surface area contributed by atoms with Crippen molar-refractivity contribution in [3.05, 3.63) is 42.6 Å². The van der Waals surface area contributed by atoms with Crippen molar-refractivity contribution in [3.63, 3.8) is 0 Å². The second kappa shape index (κ2) is 7.72. The number of piperidine rings is 1. The highest BCUT2D eigenvalue weighted by Crippen LogP contribution is 2.16. The molecule has 1 saturated heterocycles. The molecule has 4 nitrogen and oxygen atoms in total. The second-order valence-corrected chi connectivity index (χ2v) is 5.35. The summed E-state index contributed by atoms with van der Waals surface area (Å²) in [7, 11) is 0. The number of para-hydroxylation sites is 1. The van der Waals surface area contributed by atoms with Crippen LogP contribution in [0.25, 0.3) is 0 Å². The Morgan fingerprint density at radius 1 is 1.33 bits per heavy atom. The molecular weight excluding hydrogens is 264 g/mol. The fourth-order valence-electron chi connectivity index (χ4n) is 2.44. The van der Waals surface area contributed by atoms with E-state index in [-0.39, 0.29) is 5.91 Å². The van der Waals surface area contributed by atoms with Gasteiger partial charge in [0.2, 0.25) is 5.91 Å². The molecule has 1 aliphatic heterocycles. The van der Waals surface area contributed by atoms with Gasteiger partial charge in [-0.3, -0.25) is 4.79 Å². The SMILES string of the molecule is C=C(COc1ccccc1)N1CCC(NC(=O)CC)CC1. The fraction of sp³-hybridized carbons (Fsp3) is 0.471. The Morgan fingerprint density at radius 2 is 2.00 bits per heavy atom. The Bertz CT molecular complexity index is 465. The molecule has 0 unspecified atom stereocenters. The quantitative estimate of drug-likeness (QED) is 0.874. The summed E-state index contributed by atoms with van der Waals surface area (Å²) in [6.45, 7) is 8.35. The molecule has 1 heterocycles. The first-order valence-electron chi connectivity index (χ1n) is 7.59. The summed E-state index contributed by atoms with van der Waals surface area (Å²) >= 11 is 0. The highest BCUT2D eigenvalue weighted by Gasteiger charge is 2.21. The number of carbonyl (C=O) groups excluding carboxylic acids is 1. The van der Waals surface area contributed by atoms with Crippen molar-refractivity contribution in [2.45, 2.75) is 32.2 Å². The summed E-state index contributed by atoms with van der Waals surface area (Å²) in [5.74, 6) is 1.00. The van der Waals surface area contributed by atoms with E-state index < -0.39 is 0 Å². The summed E-state index contributed by atoms with van der Waals surface area (Å²) in [5.41, 5.74) is 0.999. The van der Waals surface area contributed by atoms with Crippen LogP contribution in [0.1, 0.15) is 26.2 Å². The number of likely N-dealkylation sites (tertiary alicyclic amines) is 1. The van der Waals surface area contributed by atoms with E-state index in [1.807, 2.05) is 37.3 Å². The Kier molecular flexibility index (Phi) is 5.67. The first-order chi connectivity index (χ1) is 10.2. The lowest BCUT2D eigenvalue weighted by Crippen LogP contribution is -2.44. The summed E-state index contributed by atoms with van der Waals surface area (Å²) in [6, 6.07) is 10.1. The highest BCUT2D eigenvalue weighted by atomic mass is 16.5. The maximum Gasteiger partial charge on any atom is 0.219 e. The number of hydrogen-bond acceptors (Lipinski definition) is 3. The third kappa shape index (κ3) is 4.81. The van der Waals surface area contributed by atoms with Crippen molar-refractivity contribution in [1.29, 1.82) is 0 Å². The van der Waals surface area contributed by atoms with Crippen molar-refractivity contribution in [2.75, 3.05) is 19.7 Å². The monoisotopic (exact) mass is 288 g/mol. The largest absolute Gasteiger partial charge is 0.487 e. The lowest BCUT2D eigenvalue weighted by atomic mass is 10.0. The van der Waals surface area contributed by atoms with Gasteiger partial charge in [0.05, 0.1) is 0 Å². The van der Waals surface area contributed by atoms with E-state index in [0.717, 1.165) is 37.4 Å². The Hall–Kier alpha value is -1.97. The average molecular weight is 288 g/mol. The molecule has 0 bridgehead atoms. The van der Waals surface area contributed by atoms with Gasteiger partial charge in [-0.25, -0.2) is 0 Å². The zero-order valence-electron chi connectivity index (χ0n) is 12.7. The Balaban J connectivity index is 1.72. The zero-order valence-corrected chi connectivity index (χ0v) is 12.7. The lowest BCUT2D eigenvalue weighted by Gasteiger charge is -2.34. The second-order valence-electron chi connectivity index (χ2n) is 5.35. The summed E-state index contributed by atoms with van der Waals surface area (Å²) < 4.78 is 5.72. The molecule has 1 N–H and O–H groups in total. The lowest BCUT2D eigenvalue weighted by molar-refractivity contribution is -0.121. The number of benzene rings is 1. The van der Waals surface area contributed by atoms with Gasteiger partial charge in [0.1, 0.15) is 12.4 Å². The van der Waals surface area contributed by atoms with Crippen LogP contribution in [0, 0.1) is 0 Å². The van der Waals surface area contributed by atoms with Crippen LogP contribution in [0.5, 0.6) is 5.75 Å². The van der Waals surface area contributed by atoms with Crippen molar-refractivity contribution in [3.8, 4) is 5.75 Å². The molecule has 21 heavy (non-hydrogen) atoms. The molecule has 0 saturated carbocycles. The van der Waals surface area contributed by atoms with Crippen LogP contribution in [0.15, 0.2) is 42.6 Å². The first-order valence-corrected chi connectivity index (χ1v) is 7.59. The molecule has 1 aromatic rings.